The molecule has 4 rings (SSSR count). The number of hydrogen-bond donors (Lipinski definition) is 3. The van der Waals surface area contributed by atoms with Crippen molar-refractivity contribution in [3.63, 3.8) is 0 Å². The first-order valence-corrected chi connectivity index (χ1v) is 12.6. The van der Waals surface area contributed by atoms with E-state index in [2.05, 4.69) is 30.8 Å². The maximum atomic E-state index is 12.8. The molecule has 10 heteroatoms. The van der Waals surface area contributed by atoms with Gasteiger partial charge in [-0.3, -0.25) is 19.0 Å². The van der Waals surface area contributed by atoms with Crippen molar-refractivity contribution in [2.75, 3.05) is 7.05 Å². The topological polar surface area (TPSA) is 123 Å². The third-order valence-electron chi connectivity index (χ3n) is 6.22. The number of aromatic nitrogens is 6. The van der Waals surface area contributed by atoms with Crippen molar-refractivity contribution in [2.45, 2.75) is 51.6 Å². The fraction of sp³-hybridized carbons (Fsp3) is 0.370. The van der Waals surface area contributed by atoms with E-state index in [4.69, 9.17) is 0 Å². The van der Waals surface area contributed by atoms with E-state index < -0.39 is 0 Å². The summed E-state index contributed by atoms with van der Waals surface area (Å²) in [5.74, 6) is 0.625. The number of hydrogen-bond acceptors (Lipinski definition) is 5. The van der Waals surface area contributed by atoms with Crippen LogP contribution >= 0.6 is 0 Å². The Morgan fingerprint density at radius 2 is 1.76 bits per heavy atom. The van der Waals surface area contributed by atoms with Gasteiger partial charge in [0.25, 0.3) is 0 Å². The van der Waals surface area contributed by atoms with Gasteiger partial charge in [-0.05, 0) is 37.5 Å². The number of carbonyl (C=O) groups is 2. The maximum Gasteiger partial charge on any atom is 0.242 e. The Balaban J connectivity index is 1.43. The molecule has 1 unspecified atom stereocenters. The monoisotopic (exact) mass is 502 g/mol. The van der Waals surface area contributed by atoms with E-state index in [9.17, 15) is 9.59 Å². The van der Waals surface area contributed by atoms with Crippen molar-refractivity contribution in [1.82, 2.24) is 40.2 Å². The number of H-pyrrole nitrogens is 1. The van der Waals surface area contributed by atoms with Crippen LogP contribution in [0.5, 0.6) is 0 Å². The van der Waals surface area contributed by atoms with Crippen LogP contribution in [0.4, 0.5) is 0 Å². The van der Waals surface area contributed by atoms with Gasteiger partial charge in [0, 0.05) is 38.5 Å². The normalized spacial score (nSPS) is 11.9. The highest BCUT2D eigenvalue weighted by Gasteiger charge is 2.19. The Kier molecular flexibility index (Phi) is 8.50. The zero-order chi connectivity index (χ0) is 26.2. The lowest BCUT2D eigenvalue weighted by atomic mass is 10.1. The van der Waals surface area contributed by atoms with Crippen LogP contribution in [0, 0.1) is 6.92 Å². The van der Waals surface area contributed by atoms with Crippen LogP contribution < -0.4 is 10.6 Å². The second-order valence-corrected chi connectivity index (χ2v) is 9.18. The average molecular weight is 503 g/mol. The summed E-state index contributed by atoms with van der Waals surface area (Å²) in [5, 5.41) is 14.5. The minimum atomic E-state index is -0.272. The van der Waals surface area contributed by atoms with Gasteiger partial charge in [0.15, 0.2) is 0 Å². The van der Waals surface area contributed by atoms with Gasteiger partial charge in [0.05, 0.1) is 29.3 Å². The van der Waals surface area contributed by atoms with Crippen molar-refractivity contribution >= 4 is 11.8 Å². The van der Waals surface area contributed by atoms with Crippen LogP contribution in [0.25, 0.3) is 22.5 Å². The number of aromatic amines is 1. The SMILES string of the molecule is CNC(=O)CCCCCC(NC(=O)Cn1ccc(C)n1)c1ncc(-c2ccc(-c3ccn(C)n3)cc2)[nH]1. The van der Waals surface area contributed by atoms with Gasteiger partial charge in [-0.1, -0.05) is 37.1 Å². The summed E-state index contributed by atoms with van der Waals surface area (Å²) in [6, 6.07) is 11.7. The third-order valence-corrected chi connectivity index (χ3v) is 6.22. The highest BCUT2D eigenvalue weighted by atomic mass is 16.2. The first-order valence-electron chi connectivity index (χ1n) is 12.6. The number of imidazole rings is 1. The molecule has 0 radical (unpaired) electrons. The van der Waals surface area contributed by atoms with E-state index in [-0.39, 0.29) is 24.4 Å². The molecule has 0 fully saturated rings. The first kappa shape index (κ1) is 25.9. The number of unbranched alkanes of at least 4 members (excludes halogenated alkanes) is 2. The van der Waals surface area contributed by atoms with Crippen molar-refractivity contribution in [3.8, 4) is 22.5 Å². The number of benzene rings is 1. The van der Waals surface area contributed by atoms with Gasteiger partial charge < -0.3 is 15.6 Å². The Bertz CT molecular complexity index is 1320. The molecule has 194 valence electrons. The van der Waals surface area contributed by atoms with Crippen LogP contribution in [-0.2, 0) is 23.2 Å². The van der Waals surface area contributed by atoms with Crippen LogP contribution in [0.3, 0.4) is 0 Å². The van der Waals surface area contributed by atoms with Crippen molar-refractivity contribution in [3.05, 3.63) is 66.5 Å². The Morgan fingerprint density at radius 1 is 0.973 bits per heavy atom. The molecule has 10 nitrogen and oxygen atoms in total. The van der Waals surface area contributed by atoms with Gasteiger partial charge in [-0.2, -0.15) is 10.2 Å². The van der Waals surface area contributed by atoms with Crippen LogP contribution in [0.1, 0.15) is 49.7 Å². The fourth-order valence-electron chi connectivity index (χ4n) is 4.20. The second kappa shape index (κ2) is 12.2. The lowest BCUT2D eigenvalue weighted by Gasteiger charge is -2.17. The molecule has 2 amide bonds. The summed E-state index contributed by atoms with van der Waals surface area (Å²) in [4.78, 5) is 32.3. The number of nitrogens with one attached hydrogen (secondary N) is 3. The zero-order valence-electron chi connectivity index (χ0n) is 21.6. The third kappa shape index (κ3) is 7.16. The molecular formula is C27H34N8O2. The summed E-state index contributed by atoms with van der Waals surface area (Å²) in [7, 11) is 3.55. The van der Waals surface area contributed by atoms with Crippen molar-refractivity contribution < 1.29 is 9.59 Å². The van der Waals surface area contributed by atoms with Crippen LogP contribution in [-0.4, -0.2) is 48.4 Å². The Hall–Kier alpha value is -4.21. The molecule has 0 aliphatic heterocycles. The Labute approximate surface area is 216 Å². The molecule has 0 aliphatic rings. The first-order chi connectivity index (χ1) is 17.9. The molecule has 3 heterocycles. The molecule has 0 bridgehead atoms. The number of aryl methyl sites for hydroxylation is 2. The molecule has 0 spiro atoms. The number of amides is 2. The minimum Gasteiger partial charge on any atom is -0.359 e. The predicted molar refractivity (Wildman–Crippen MR) is 141 cm³/mol. The molecule has 4 aromatic rings. The smallest absolute Gasteiger partial charge is 0.242 e. The highest BCUT2D eigenvalue weighted by molar-refractivity contribution is 5.76. The molecular weight excluding hydrogens is 468 g/mol. The molecule has 0 aliphatic carbocycles. The van der Waals surface area contributed by atoms with Crippen molar-refractivity contribution in [2.24, 2.45) is 7.05 Å². The van der Waals surface area contributed by atoms with Gasteiger partial charge >= 0.3 is 0 Å². The number of carbonyl (C=O) groups excluding carboxylic acids is 2. The van der Waals surface area contributed by atoms with Crippen LogP contribution in [0.15, 0.2) is 55.0 Å². The van der Waals surface area contributed by atoms with E-state index >= 15 is 0 Å². The molecule has 3 aromatic heterocycles. The molecule has 0 saturated heterocycles. The summed E-state index contributed by atoms with van der Waals surface area (Å²) in [6.45, 7) is 2.03. The van der Waals surface area contributed by atoms with Crippen molar-refractivity contribution in [1.29, 1.82) is 0 Å². The zero-order valence-corrected chi connectivity index (χ0v) is 21.6. The van der Waals surface area contributed by atoms with E-state index in [0.717, 1.165) is 47.5 Å². The predicted octanol–water partition coefficient (Wildman–Crippen LogP) is 3.54. The standard InChI is InChI=1S/C27H34N8O2/c1-19-13-16-35(32-19)18-26(37)30-23(7-5-4-6-8-25(36)28-2)27-29-17-24(31-27)21-11-9-20(10-12-21)22-14-15-34(3)33-22/h9-17,23H,4-8,18H2,1-3H3,(H,28,36)(H,29,31)(H,30,37). The second-order valence-electron chi connectivity index (χ2n) is 9.18. The summed E-state index contributed by atoms with van der Waals surface area (Å²) in [6.07, 6.45) is 9.28. The molecule has 1 aromatic carbocycles. The lowest BCUT2D eigenvalue weighted by molar-refractivity contribution is -0.123. The van der Waals surface area contributed by atoms with Crippen LogP contribution in [0.2, 0.25) is 0 Å². The van der Waals surface area contributed by atoms with E-state index in [0.29, 0.717) is 18.7 Å². The fourth-order valence-corrected chi connectivity index (χ4v) is 4.20. The van der Waals surface area contributed by atoms with Gasteiger partial charge in [0.2, 0.25) is 11.8 Å². The molecule has 1 atom stereocenters. The largest absolute Gasteiger partial charge is 0.359 e. The van der Waals surface area contributed by atoms with E-state index in [1.54, 1.807) is 28.8 Å². The number of nitrogens with zero attached hydrogens (tertiary/aromatic N) is 5. The lowest BCUT2D eigenvalue weighted by Crippen LogP contribution is -2.32. The van der Waals surface area contributed by atoms with E-state index in [1.807, 2.05) is 56.6 Å². The summed E-state index contributed by atoms with van der Waals surface area (Å²) >= 11 is 0. The Morgan fingerprint density at radius 3 is 2.43 bits per heavy atom. The minimum absolute atomic E-state index is 0.0455. The highest BCUT2D eigenvalue weighted by Crippen LogP contribution is 2.25. The van der Waals surface area contributed by atoms with Gasteiger partial charge in [0.1, 0.15) is 12.4 Å². The molecule has 37 heavy (non-hydrogen) atoms. The molecule has 3 N–H and O–H groups in total. The molecule has 0 saturated carbocycles. The maximum absolute atomic E-state index is 12.8. The summed E-state index contributed by atoms with van der Waals surface area (Å²) in [5.41, 5.74) is 4.71. The van der Waals surface area contributed by atoms with Gasteiger partial charge in [-0.15, -0.1) is 0 Å². The summed E-state index contributed by atoms with van der Waals surface area (Å²) < 4.78 is 3.41. The number of rotatable bonds is 12. The van der Waals surface area contributed by atoms with Gasteiger partial charge in [-0.25, -0.2) is 4.98 Å². The average Bonchev–Trinajstić information content (AvgIpc) is 3.64. The van der Waals surface area contributed by atoms with E-state index in [1.165, 1.54) is 0 Å². The quantitative estimate of drug-likeness (QED) is 0.256.